The summed E-state index contributed by atoms with van der Waals surface area (Å²) in [5.41, 5.74) is 6.03. The fourth-order valence-electron chi connectivity index (χ4n) is 2.70. The second-order valence-electron chi connectivity index (χ2n) is 5.55. The maximum Gasteiger partial charge on any atom is 0.0629 e. The van der Waals surface area contributed by atoms with Gasteiger partial charge in [-0.25, -0.2) is 0 Å². The van der Waals surface area contributed by atoms with Crippen LogP contribution in [0.1, 0.15) is 17.5 Å². The lowest BCUT2D eigenvalue weighted by molar-refractivity contribution is 0.533. The van der Waals surface area contributed by atoms with Gasteiger partial charge < -0.3 is 4.90 Å². The summed E-state index contributed by atoms with van der Waals surface area (Å²) >= 11 is 0. The first-order chi connectivity index (χ1) is 10.8. The van der Waals surface area contributed by atoms with Gasteiger partial charge >= 0.3 is 0 Å². The Balaban J connectivity index is 1.98. The van der Waals surface area contributed by atoms with E-state index in [0.29, 0.717) is 0 Å². The average molecular weight is 288 g/mol. The minimum atomic E-state index is 0.976. The highest BCUT2D eigenvalue weighted by Gasteiger charge is 2.14. The zero-order valence-electron chi connectivity index (χ0n) is 13.0. The van der Waals surface area contributed by atoms with E-state index in [9.17, 15) is 0 Å². The highest BCUT2D eigenvalue weighted by molar-refractivity contribution is 5.91. The van der Waals surface area contributed by atoms with Crippen LogP contribution in [0.25, 0.3) is 5.57 Å². The average Bonchev–Trinajstić information content (AvgIpc) is 3.04. The molecular formula is C20H20N2. The van der Waals surface area contributed by atoms with Crippen molar-refractivity contribution >= 4 is 17.5 Å². The summed E-state index contributed by atoms with van der Waals surface area (Å²) in [5, 5.41) is 0. The first-order valence-electron chi connectivity index (χ1n) is 7.51. The molecule has 0 spiro atoms. The molecule has 0 bridgehead atoms. The molecule has 0 N–H and O–H groups in total. The molecule has 0 aromatic heterocycles. The minimum Gasteiger partial charge on any atom is -0.377 e. The molecule has 0 saturated heterocycles. The lowest BCUT2D eigenvalue weighted by Crippen LogP contribution is -2.10. The zero-order valence-corrected chi connectivity index (χ0v) is 13.0. The summed E-state index contributed by atoms with van der Waals surface area (Å²) in [7, 11) is 4.18. The van der Waals surface area contributed by atoms with Gasteiger partial charge in [-0.1, -0.05) is 48.5 Å². The molecule has 2 nitrogen and oxygen atoms in total. The van der Waals surface area contributed by atoms with Crippen molar-refractivity contribution in [2.75, 3.05) is 14.1 Å². The van der Waals surface area contributed by atoms with E-state index in [-0.39, 0.29) is 0 Å². The molecular weight excluding hydrogens is 268 g/mol. The second kappa shape index (κ2) is 6.44. The topological polar surface area (TPSA) is 15.6 Å². The van der Waals surface area contributed by atoms with Crippen molar-refractivity contribution in [1.29, 1.82) is 0 Å². The van der Waals surface area contributed by atoms with Crippen molar-refractivity contribution in [1.82, 2.24) is 4.90 Å². The second-order valence-corrected chi connectivity index (χ2v) is 5.55. The van der Waals surface area contributed by atoms with E-state index in [4.69, 9.17) is 0 Å². The predicted molar refractivity (Wildman–Crippen MR) is 94.5 cm³/mol. The molecule has 1 aliphatic carbocycles. The molecule has 110 valence electrons. The van der Waals surface area contributed by atoms with E-state index < -0.39 is 0 Å². The number of hydrogen-bond acceptors (Lipinski definition) is 2. The summed E-state index contributed by atoms with van der Waals surface area (Å²) in [6.07, 6.45) is 7.35. The van der Waals surface area contributed by atoms with Gasteiger partial charge in [-0.2, -0.15) is 0 Å². The number of allylic oxidation sites excluding steroid dienone is 3. The molecule has 2 aromatic carbocycles. The summed E-state index contributed by atoms with van der Waals surface area (Å²) in [6.45, 7) is 0. The van der Waals surface area contributed by atoms with E-state index in [2.05, 4.69) is 60.4 Å². The highest BCUT2D eigenvalue weighted by atomic mass is 15.1. The van der Waals surface area contributed by atoms with E-state index in [1.807, 2.05) is 36.5 Å². The molecule has 0 aliphatic heterocycles. The van der Waals surface area contributed by atoms with Gasteiger partial charge in [-0.15, -0.1) is 0 Å². The molecule has 0 heterocycles. The molecule has 0 amide bonds. The van der Waals surface area contributed by atoms with Crippen molar-refractivity contribution < 1.29 is 0 Å². The molecule has 2 heteroatoms. The lowest BCUT2D eigenvalue weighted by atomic mass is 9.98. The molecule has 2 aromatic rings. The van der Waals surface area contributed by atoms with E-state index in [1.54, 1.807) is 0 Å². The fraction of sp³-hybridized carbons (Fsp3) is 0.150. The summed E-state index contributed by atoms with van der Waals surface area (Å²) in [6, 6.07) is 18.5. The smallest absolute Gasteiger partial charge is 0.0629 e. The number of hydrogen-bond donors (Lipinski definition) is 0. The van der Waals surface area contributed by atoms with Crippen molar-refractivity contribution in [3.05, 3.63) is 83.6 Å². The van der Waals surface area contributed by atoms with Crippen LogP contribution in [0, 0.1) is 0 Å². The van der Waals surface area contributed by atoms with Crippen LogP contribution in [0.2, 0.25) is 0 Å². The van der Waals surface area contributed by atoms with Gasteiger partial charge in [0.25, 0.3) is 0 Å². The van der Waals surface area contributed by atoms with Crippen LogP contribution >= 0.6 is 0 Å². The molecule has 0 fully saturated rings. The van der Waals surface area contributed by atoms with Crippen molar-refractivity contribution in [2.45, 2.75) is 6.42 Å². The number of rotatable bonds is 4. The Morgan fingerprint density at radius 1 is 0.955 bits per heavy atom. The number of likely N-dealkylation sites (N-methyl/N-ethyl adjacent to an activating group) is 1. The maximum atomic E-state index is 4.60. The van der Waals surface area contributed by atoms with Crippen LogP contribution in [0.5, 0.6) is 0 Å². The molecule has 0 atom stereocenters. The maximum absolute atomic E-state index is 4.60. The Bertz CT molecular complexity index is 737. The standard InChI is InChI=1S/C20H20N2/c1-22(2)20-14-8-13-19(20)18-12-7-6-9-16(18)15-21-17-10-4-3-5-11-17/h3-12,14-15H,13H2,1-2H3/b21-15+. The Hall–Kier alpha value is -2.61. The Morgan fingerprint density at radius 3 is 2.45 bits per heavy atom. The zero-order chi connectivity index (χ0) is 15.4. The minimum absolute atomic E-state index is 0.976. The van der Waals surface area contributed by atoms with Crippen LogP contribution in [-0.4, -0.2) is 25.2 Å². The summed E-state index contributed by atoms with van der Waals surface area (Å²) < 4.78 is 0. The van der Waals surface area contributed by atoms with Gasteiger partial charge in [0.15, 0.2) is 0 Å². The van der Waals surface area contributed by atoms with Crippen LogP contribution in [0.15, 0.2) is 77.4 Å². The van der Waals surface area contributed by atoms with Gasteiger partial charge in [0.05, 0.1) is 5.69 Å². The lowest BCUT2D eigenvalue weighted by Gasteiger charge is -2.17. The van der Waals surface area contributed by atoms with Gasteiger partial charge in [0, 0.05) is 31.6 Å². The number of aliphatic imine (C=N–C) groups is 1. The monoisotopic (exact) mass is 288 g/mol. The molecule has 0 radical (unpaired) electrons. The van der Waals surface area contributed by atoms with Crippen LogP contribution < -0.4 is 0 Å². The first-order valence-corrected chi connectivity index (χ1v) is 7.51. The number of benzene rings is 2. The predicted octanol–water partition coefficient (Wildman–Crippen LogP) is 4.67. The molecule has 0 saturated carbocycles. The first kappa shape index (κ1) is 14.3. The summed E-state index contributed by atoms with van der Waals surface area (Å²) in [5.74, 6) is 0. The summed E-state index contributed by atoms with van der Waals surface area (Å²) in [4.78, 5) is 6.77. The highest BCUT2D eigenvalue weighted by Crippen LogP contribution is 2.31. The van der Waals surface area contributed by atoms with Gasteiger partial charge in [-0.05, 0) is 35.8 Å². The largest absolute Gasteiger partial charge is 0.377 e. The van der Waals surface area contributed by atoms with Crippen molar-refractivity contribution in [2.24, 2.45) is 4.99 Å². The normalized spacial score (nSPS) is 14.1. The molecule has 1 aliphatic rings. The number of para-hydroxylation sites is 1. The molecule has 22 heavy (non-hydrogen) atoms. The Morgan fingerprint density at radius 2 is 1.68 bits per heavy atom. The fourth-order valence-corrected chi connectivity index (χ4v) is 2.70. The van der Waals surface area contributed by atoms with Gasteiger partial charge in [0.1, 0.15) is 0 Å². The SMILES string of the molecule is CN(C)C1=C(c2ccccc2/C=N/c2ccccc2)CC=C1. The Labute approximate surface area is 132 Å². The van der Waals surface area contributed by atoms with E-state index >= 15 is 0 Å². The third kappa shape index (κ3) is 3.01. The van der Waals surface area contributed by atoms with Crippen LogP contribution in [-0.2, 0) is 0 Å². The van der Waals surface area contributed by atoms with E-state index in [1.165, 1.54) is 16.8 Å². The molecule has 0 unspecified atom stereocenters. The van der Waals surface area contributed by atoms with Crippen molar-refractivity contribution in [3.8, 4) is 0 Å². The van der Waals surface area contributed by atoms with Crippen LogP contribution in [0.4, 0.5) is 5.69 Å². The third-order valence-corrected chi connectivity index (χ3v) is 3.78. The Kier molecular flexibility index (Phi) is 4.19. The quantitative estimate of drug-likeness (QED) is 0.746. The third-order valence-electron chi connectivity index (χ3n) is 3.78. The van der Waals surface area contributed by atoms with E-state index in [0.717, 1.165) is 17.7 Å². The van der Waals surface area contributed by atoms with Gasteiger partial charge in [-0.3, -0.25) is 4.99 Å². The number of nitrogens with zero attached hydrogens (tertiary/aromatic N) is 2. The van der Waals surface area contributed by atoms with Crippen molar-refractivity contribution in [3.63, 3.8) is 0 Å². The van der Waals surface area contributed by atoms with Crippen LogP contribution in [0.3, 0.4) is 0 Å². The van der Waals surface area contributed by atoms with Gasteiger partial charge in [0.2, 0.25) is 0 Å². The molecule has 3 rings (SSSR count).